The Kier molecular flexibility index (Phi) is 4.66. The average molecular weight is 421 g/mol. The molecule has 1 unspecified atom stereocenters. The van der Waals surface area contributed by atoms with Crippen molar-refractivity contribution in [3.63, 3.8) is 0 Å². The second-order valence-electron chi connectivity index (χ2n) is 7.47. The maximum atomic E-state index is 13.0. The Labute approximate surface area is 166 Å². The molecule has 0 bridgehead atoms. The lowest BCUT2D eigenvalue weighted by Gasteiger charge is -2.37. The van der Waals surface area contributed by atoms with Gasteiger partial charge in [0.15, 0.2) is 0 Å². The third kappa shape index (κ3) is 3.29. The molecule has 0 spiro atoms. The van der Waals surface area contributed by atoms with Crippen LogP contribution in [0.15, 0.2) is 23.1 Å². The third-order valence-electron chi connectivity index (χ3n) is 5.54. The summed E-state index contributed by atoms with van der Waals surface area (Å²) in [6, 6.07) is 3.59. The van der Waals surface area contributed by atoms with Gasteiger partial charge in [-0.1, -0.05) is 6.07 Å². The van der Waals surface area contributed by atoms with Crippen molar-refractivity contribution in [1.29, 1.82) is 0 Å². The molecule has 10 nitrogen and oxygen atoms in total. The molecule has 0 aliphatic carbocycles. The lowest BCUT2D eigenvalue weighted by molar-refractivity contribution is -0.139. The number of carboxylic acids is 1. The van der Waals surface area contributed by atoms with Crippen molar-refractivity contribution in [2.75, 3.05) is 13.1 Å². The number of hydrogen-bond acceptors (Lipinski definition) is 6. The summed E-state index contributed by atoms with van der Waals surface area (Å²) in [5.74, 6) is -2.61. The van der Waals surface area contributed by atoms with Crippen molar-refractivity contribution in [2.45, 2.75) is 36.7 Å². The largest absolute Gasteiger partial charge is 0.481 e. The fourth-order valence-corrected chi connectivity index (χ4v) is 5.86. The summed E-state index contributed by atoms with van der Waals surface area (Å²) >= 11 is 0. The summed E-state index contributed by atoms with van der Waals surface area (Å²) < 4.78 is 27.3. The van der Waals surface area contributed by atoms with Gasteiger partial charge in [-0.3, -0.25) is 24.5 Å². The first-order valence-corrected chi connectivity index (χ1v) is 10.6. The molecule has 29 heavy (non-hydrogen) atoms. The Morgan fingerprint density at radius 2 is 1.93 bits per heavy atom. The molecule has 3 aliphatic heterocycles. The minimum Gasteiger partial charge on any atom is -0.481 e. The van der Waals surface area contributed by atoms with Crippen LogP contribution in [0.25, 0.3) is 0 Å². The van der Waals surface area contributed by atoms with E-state index in [1.807, 2.05) is 0 Å². The van der Waals surface area contributed by atoms with Gasteiger partial charge in [-0.25, -0.2) is 8.42 Å². The summed E-state index contributed by atoms with van der Waals surface area (Å²) in [4.78, 5) is 48.4. The fraction of sp³-hybridized carbons (Fsp3) is 0.444. The van der Waals surface area contributed by atoms with E-state index in [2.05, 4.69) is 5.32 Å². The summed E-state index contributed by atoms with van der Waals surface area (Å²) in [5, 5.41) is 11.0. The third-order valence-corrected chi connectivity index (χ3v) is 7.46. The molecule has 154 valence electrons. The average Bonchev–Trinajstić information content (AvgIpc) is 2.94. The smallest absolute Gasteiger partial charge is 0.303 e. The molecule has 11 heteroatoms. The minimum absolute atomic E-state index is 0.00748. The molecular weight excluding hydrogens is 402 g/mol. The van der Waals surface area contributed by atoms with Gasteiger partial charge < -0.3 is 10.0 Å². The number of carboxylic acid groups (broad SMARTS) is 1. The molecule has 1 aromatic rings. The number of sulfonamides is 1. The fourth-order valence-electron chi connectivity index (χ4n) is 4.03. The van der Waals surface area contributed by atoms with Gasteiger partial charge in [-0.2, -0.15) is 4.31 Å². The first-order valence-electron chi connectivity index (χ1n) is 9.17. The summed E-state index contributed by atoms with van der Waals surface area (Å²) in [6.45, 7) is 0.189. The highest BCUT2D eigenvalue weighted by Crippen LogP contribution is 2.35. The molecule has 1 atom stereocenters. The van der Waals surface area contributed by atoms with Crippen LogP contribution in [-0.4, -0.2) is 65.6 Å². The van der Waals surface area contributed by atoms with E-state index in [0.717, 1.165) is 0 Å². The molecule has 4 rings (SSSR count). The predicted molar refractivity (Wildman–Crippen MR) is 97.0 cm³/mol. The van der Waals surface area contributed by atoms with Gasteiger partial charge in [0.25, 0.3) is 5.91 Å². The van der Waals surface area contributed by atoms with Crippen molar-refractivity contribution in [2.24, 2.45) is 5.92 Å². The Morgan fingerprint density at radius 1 is 1.21 bits per heavy atom. The summed E-state index contributed by atoms with van der Waals surface area (Å²) in [6.07, 6.45) is 0.205. The van der Waals surface area contributed by atoms with Crippen LogP contribution < -0.4 is 5.32 Å². The number of nitrogens with one attached hydrogen (secondary N) is 1. The van der Waals surface area contributed by atoms with E-state index in [9.17, 15) is 27.6 Å². The summed E-state index contributed by atoms with van der Waals surface area (Å²) in [5.41, 5.74) is 0.544. The second-order valence-corrected chi connectivity index (χ2v) is 9.37. The number of nitrogens with zero attached hydrogens (tertiary/aromatic N) is 2. The zero-order valence-corrected chi connectivity index (χ0v) is 16.1. The Hall–Kier alpha value is -2.79. The normalized spacial score (nSPS) is 23.0. The number of hydrogen-bond donors (Lipinski definition) is 2. The van der Waals surface area contributed by atoms with Crippen LogP contribution in [0.3, 0.4) is 0 Å². The quantitative estimate of drug-likeness (QED) is 0.613. The molecule has 2 saturated heterocycles. The molecular formula is C18H19N3O7S. The second kappa shape index (κ2) is 6.92. The lowest BCUT2D eigenvalue weighted by Crippen LogP contribution is -2.52. The Bertz CT molecular complexity index is 1030. The number of fused-ring (bicyclic) bond motifs is 1. The van der Waals surface area contributed by atoms with E-state index in [4.69, 9.17) is 5.11 Å². The van der Waals surface area contributed by atoms with Crippen LogP contribution in [0.5, 0.6) is 0 Å². The maximum absolute atomic E-state index is 13.0. The predicted octanol–water partition coefficient (Wildman–Crippen LogP) is -0.457. The molecule has 0 aromatic heterocycles. The molecule has 0 saturated carbocycles. The van der Waals surface area contributed by atoms with Crippen molar-refractivity contribution in [1.82, 2.24) is 14.5 Å². The van der Waals surface area contributed by atoms with Crippen molar-refractivity contribution in [3.05, 3.63) is 29.3 Å². The molecule has 3 heterocycles. The van der Waals surface area contributed by atoms with Gasteiger partial charge >= 0.3 is 5.97 Å². The van der Waals surface area contributed by atoms with Crippen molar-refractivity contribution < 1.29 is 32.7 Å². The number of piperidine rings is 1. The monoisotopic (exact) mass is 421 g/mol. The van der Waals surface area contributed by atoms with Crippen LogP contribution in [-0.2, 0) is 31.0 Å². The van der Waals surface area contributed by atoms with Gasteiger partial charge in [0, 0.05) is 37.2 Å². The van der Waals surface area contributed by atoms with Crippen LogP contribution in [0.4, 0.5) is 0 Å². The Morgan fingerprint density at radius 3 is 2.59 bits per heavy atom. The number of rotatable bonds is 5. The van der Waals surface area contributed by atoms with E-state index in [1.54, 1.807) is 0 Å². The lowest BCUT2D eigenvalue weighted by atomic mass is 10.00. The van der Waals surface area contributed by atoms with Gasteiger partial charge in [-0.05, 0) is 24.5 Å². The van der Waals surface area contributed by atoms with E-state index >= 15 is 0 Å². The first kappa shape index (κ1) is 19.5. The van der Waals surface area contributed by atoms with Crippen LogP contribution in [0, 0.1) is 5.92 Å². The highest BCUT2D eigenvalue weighted by Gasteiger charge is 2.43. The van der Waals surface area contributed by atoms with E-state index in [1.165, 1.54) is 27.4 Å². The first-order chi connectivity index (χ1) is 13.7. The minimum atomic E-state index is -3.89. The molecule has 2 fully saturated rings. The zero-order valence-electron chi connectivity index (χ0n) is 15.3. The van der Waals surface area contributed by atoms with E-state index in [0.29, 0.717) is 5.56 Å². The maximum Gasteiger partial charge on any atom is 0.303 e. The highest BCUT2D eigenvalue weighted by atomic mass is 32.2. The highest BCUT2D eigenvalue weighted by molar-refractivity contribution is 7.89. The van der Waals surface area contributed by atoms with Gasteiger partial charge in [0.2, 0.25) is 21.8 Å². The Balaban J connectivity index is 1.58. The summed E-state index contributed by atoms with van der Waals surface area (Å²) in [7, 11) is -3.89. The molecule has 1 aromatic carbocycles. The van der Waals surface area contributed by atoms with E-state index in [-0.39, 0.29) is 55.3 Å². The van der Waals surface area contributed by atoms with Gasteiger partial charge in [-0.15, -0.1) is 0 Å². The van der Waals surface area contributed by atoms with E-state index < -0.39 is 39.8 Å². The van der Waals surface area contributed by atoms with Gasteiger partial charge in [0.1, 0.15) is 6.04 Å². The number of amides is 3. The zero-order chi connectivity index (χ0) is 20.9. The van der Waals surface area contributed by atoms with Gasteiger partial charge in [0.05, 0.1) is 11.3 Å². The van der Waals surface area contributed by atoms with Crippen molar-refractivity contribution >= 4 is 33.7 Å². The molecule has 2 N–H and O–H groups in total. The number of benzene rings is 1. The van der Waals surface area contributed by atoms with Crippen LogP contribution in [0.2, 0.25) is 0 Å². The SMILES string of the molecule is O=C(O)CC1CN(S(=O)(=O)c2cccc3c2CN(C2CCC(=O)NC2=O)C3=O)C1. The molecule has 0 radical (unpaired) electrons. The number of aliphatic carboxylic acids is 1. The number of carbonyl (C=O) groups excluding carboxylic acids is 3. The van der Waals surface area contributed by atoms with Crippen molar-refractivity contribution in [3.8, 4) is 0 Å². The molecule has 3 aliphatic rings. The van der Waals surface area contributed by atoms with Crippen LogP contribution >= 0.6 is 0 Å². The number of imide groups is 1. The number of carbonyl (C=O) groups is 4. The van der Waals surface area contributed by atoms with Crippen LogP contribution in [0.1, 0.15) is 35.2 Å². The standard InChI is InChI=1S/C18H19N3O7S/c22-15-5-4-13(17(25)19-15)21-9-12-11(18(21)26)2-1-3-14(12)29(27,28)20-7-10(8-20)6-16(23)24/h1-3,10,13H,4-9H2,(H,23,24)(H,19,22,25). The topological polar surface area (TPSA) is 141 Å². The molecule has 3 amide bonds.